The van der Waals surface area contributed by atoms with Gasteiger partial charge in [0.2, 0.25) is 5.13 Å². The van der Waals surface area contributed by atoms with E-state index in [0.717, 1.165) is 23.4 Å². The fourth-order valence-corrected chi connectivity index (χ4v) is 3.18. The molecule has 7 heteroatoms. The van der Waals surface area contributed by atoms with E-state index in [1.54, 1.807) is 0 Å². The largest absolute Gasteiger partial charge is 0.486 e. The highest BCUT2D eigenvalue weighted by Crippen LogP contribution is 2.23. The van der Waals surface area contributed by atoms with Crippen LogP contribution in [-0.2, 0) is 6.61 Å². The van der Waals surface area contributed by atoms with Gasteiger partial charge in [-0.15, -0.1) is 10.2 Å². The molecule has 1 heterocycles. The quantitative estimate of drug-likeness (QED) is 0.546. The van der Waals surface area contributed by atoms with Gasteiger partial charge in [0.15, 0.2) is 5.01 Å². The minimum absolute atomic E-state index is 0.307. The van der Waals surface area contributed by atoms with Gasteiger partial charge < -0.3 is 10.1 Å². The number of aromatic nitrogens is 2. The molecular formula is C21H24N4O2S. The van der Waals surface area contributed by atoms with Crippen LogP contribution in [0.25, 0.3) is 0 Å². The normalized spacial score (nSPS) is 11.7. The number of nitrogens with one attached hydrogen (secondary N) is 2. The fraction of sp³-hybridized carbons (Fsp3) is 0.286. The van der Waals surface area contributed by atoms with Crippen molar-refractivity contribution in [2.75, 3.05) is 10.6 Å². The van der Waals surface area contributed by atoms with Crippen LogP contribution in [0.4, 0.5) is 15.6 Å². The standard InChI is InChI=1S/C21H24N4O2S/c1-4-15(3)16-7-11-18(12-8-16)27-13-19-24-25-21(28-19)23-20(26)22-17-9-5-14(2)6-10-17/h5-12,15H,4,13H2,1-3H3,(H2,22,23,25,26)/t15-/m0/s1. The summed E-state index contributed by atoms with van der Waals surface area (Å²) in [4.78, 5) is 12.1. The lowest BCUT2D eigenvalue weighted by Gasteiger charge is -2.10. The van der Waals surface area contributed by atoms with Gasteiger partial charge in [0.05, 0.1) is 0 Å². The summed E-state index contributed by atoms with van der Waals surface area (Å²) in [5, 5.41) is 14.6. The number of hydrogen-bond acceptors (Lipinski definition) is 5. The van der Waals surface area contributed by atoms with Crippen molar-refractivity contribution in [3.63, 3.8) is 0 Å². The minimum atomic E-state index is -0.354. The molecule has 146 valence electrons. The van der Waals surface area contributed by atoms with Crippen LogP contribution in [-0.4, -0.2) is 16.2 Å². The average molecular weight is 397 g/mol. The van der Waals surface area contributed by atoms with Crippen LogP contribution in [0.1, 0.15) is 42.3 Å². The summed E-state index contributed by atoms with van der Waals surface area (Å²) >= 11 is 1.29. The number of amides is 2. The van der Waals surface area contributed by atoms with E-state index in [-0.39, 0.29) is 6.03 Å². The SMILES string of the molecule is CC[C@H](C)c1ccc(OCc2nnc(NC(=O)Nc3ccc(C)cc3)s2)cc1. The molecule has 2 amide bonds. The van der Waals surface area contributed by atoms with E-state index in [9.17, 15) is 4.79 Å². The molecule has 2 N–H and O–H groups in total. The van der Waals surface area contributed by atoms with E-state index in [0.29, 0.717) is 22.7 Å². The molecule has 3 aromatic rings. The zero-order valence-electron chi connectivity index (χ0n) is 16.2. The lowest BCUT2D eigenvalue weighted by atomic mass is 9.99. The van der Waals surface area contributed by atoms with Gasteiger partial charge in [-0.05, 0) is 49.1 Å². The molecule has 0 aliphatic heterocycles. The number of aryl methyl sites for hydroxylation is 1. The zero-order valence-corrected chi connectivity index (χ0v) is 17.0. The predicted octanol–water partition coefficient (Wildman–Crippen LogP) is 5.58. The molecule has 6 nitrogen and oxygen atoms in total. The smallest absolute Gasteiger partial charge is 0.325 e. The molecular weight excluding hydrogens is 372 g/mol. The molecule has 0 saturated carbocycles. The highest BCUT2D eigenvalue weighted by molar-refractivity contribution is 7.15. The number of nitrogens with zero attached hydrogens (tertiary/aromatic N) is 2. The topological polar surface area (TPSA) is 76.1 Å². The van der Waals surface area contributed by atoms with Gasteiger partial charge in [0.25, 0.3) is 0 Å². The summed E-state index contributed by atoms with van der Waals surface area (Å²) in [6, 6.07) is 15.3. The van der Waals surface area contributed by atoms with Crippen LogP contribution in [0, 0.1) is 6.92 Å². The van der Waals surface area contributed by atoms with Crippen molar-refractivity contribution >= 4 is 28.2 Å². The van der Waals surface area contributed by atoms with E-state index in [1.165, 1.54) is 16.9 Å². The first-order valence-corrected chi connectivity index (χ1v) is 10.0. The maximum atomic E-state index is 12.1. The Kier molecular flexibility index (Phi) is 6.60. The summed E-state index contributed by atoms with van der Waals surface area (Å²) in [7, 11) is 0. The summed E-state index contributed by atoms with van der Waals surface area (Å²) < 4.78 is 5.77. The van der Waals surface area contributed by atoms with E-state index < -0.39 is 0 Å². The Morgan fingerprint density at radius 2 is 1.79 bits per heavy atom. The first kappa shape index (κ1) is 19.8. The molecule has 0 saturated heterocycles. The number of hydrogen-bond donors (Lipinski definition) is 2. The number of benzene rings is 2. The third-order valence-corrected chi connectivity index (χ3v) is 5.23. The van der Waals surface area contributed by atoms with Crippen molar-refractivity contribution in [2.24, 2.45) is 0 Å². The van der Waals surface area contributed by atoms with E-state index in [4.69, 9.17) is 4.74 Å². The summed E-state index contributed by atoms with van der Waals surface area (Å²) in [6.45, 7) is 6.69. The number of carbonyl (C=O) groups excluding carboxylic acids is 1. The number of rotatable bonds is 7. The zero-order chi connectivity index (χ0) is 19.9. The van der Waals surface area contributed by atoms with Gasteiger partial charge in [-0.2, -0.15) is 0 Å². The van der Waals surface area contributed by atoms with Crippen molar-refractivity contribution < 1.29 is 9.53 Å². The molecule has 0 bridgehead atoms. The van der Waals surface area contributed by atoms with Gasteiger partial charge in [0.1, 0.15) is 12.4 Å². The Morgan fingerprint density at radius 3 is 2.46 bits per heavy atom. The Hall–Kier alpha value is -2.93. The molecule has 28 heavy (non-hydrogen) atoms. The van der Waals surface area contributed by atoms with E-state index >= 15 is 0 Å². The molecule has 0 aliphatic carbocycles. The van der Waals surface area contributed by atoms with Crippen LogP contribution in [0.5, 0.6) is 5.75 Å². The molecule has 2 aromatic carbocycles. The molecule has 1 atom stereocenters. The van der Waals surface area contributed by atoms with Crippen molar-refractivity contribution in [3.05, 3.63) is 64.7 Å². The predicted molar refractivity (Wildman–Crippen MR) is 113 cm³/mol. The molecule has 0 unspecified atom stereocenters. The van der Waals surface area contributed by atoms with Crippen molar-refractivity contribution in [3.8, 4) is 5.75 Å². The molecule has 0 aliphatic rings. The highest BCUT2D eigenvalue weighted by Gasteiger charge is 2.09. The Labute approximate surface area is 169 Å². The van der Waals surface area contributed by atoms with Gasteiger partial charge in [0, 0.05) is 5.69 Å². The highest BCUT2D eigenvalue weighted by atomic mass is 32.1. The minimum Gasteiger partial charge on any atom is -0.486 e. The second-order valence-corrected chi connectivity index (χ2v) is 7.68. The first-order valence-electron chi connectivity index (χ1n) is 9.23. The van der Waals surface area contributed by atoms with Gasteiger partial charge in [-0.25, -0.2) is 4.79 Å². The lowest BCUT2D eigenvalue weighted by molar-refractivity contribution is 0.262. The van der Waals surface area contributed by atoms with Crippen molar-refractivity contribution in [2.45, 2.75) is 39.7 Å². The van der Waals surface area contributed by atoms with Crippen LogP contribution in [0.15, 0.2) is 48.5 Å². The average Bonchev–Trinajstić information content (AvgIpc) is 3.15. The number of ether oxygens (including phenoxy) is 1. The molecule has 0 radical (unpaired) electrons. The Balaban J connectivity index is 1.49. The second-order valence-electron chi connectivity index (χ2n) is 6.61. The lowest BCUT2D eigenvalue weighted by Crippen LogP contribution is -2.19. The number of urea groups is 1. The first-order chi connectivity index (χ1) is 13.5. The fourth-order valence-electron chi connectivity index (χ4n) is 2.53. The summed E-state index contributed by atoms with van der Waals surface area (Å²) in [5.74, 6) is 1.32. The van der Waals surface area contributed by atoms with Crippen molar-refractivity contribution in [1.29, 1.82) is 0 Å². The third kappa shape index (κ3) is 5.53. The number of carbonyl (C=O) groups is 1. The van der Waals surface area contributed by atoms with E-state index in [1.807, 2.05) is 43.3 Å². The molecule has 0 fully saturated rings. The second kappa shape index (κ2) is 9.32. The summed E-state index contributed by atoms with van der Waals surface area (Å²) in [5.41, 5.74) is 3.16. The van der Waals surface area contributed by atoms with Gasteiger partial charge >= 0.3 is 6.03 Å². The molecule has 0 spiro atoms. The number of anilines is 2. The van der Waals surface area contributed by atoms with E-state index in [2.05, 4.69) is 46.8 Å². The Morgan fingerprint density at radius 1 is 1.07 bits per heavy atom. The van der Waals surface area contributed by atoms with Gasteiger partial charge in [-0.3, -0.25) is 5.32 Å². The van der Waals surface area contributed by atoms with Crippen LogP contribution >= 0.6 is 11.3 Å². The maximum Gasteiger partial charge on any atom is 0.325 e. The van der Waals surface area contributed by atoms with Crippen LogP contribution in [0.3, 0.4) is 0 Å². The van der Waals surface area contributed by atoms with Gasteiger partial charge in [-0.1, -0.05) is 55.0 Å². The third-order valence-electron chi connectivity index (χ3n) is 4.42. The molecule has 1 aromatic heterocycles. The Bertz CT molecular complexity index is 907. The molecule has 3 rings (SSSR count). The van der Waals surface area contributed by atoms with Crippen LogP contribution in [0.2, 0.25) is 0 Å². The monoisotopic (exact) mass is 396 g/mol. The van der Waals surface area contributed by atoms with Crippen molar-refractivity contribution in [1.82, 2.24) is 10.2 Å². The maximum absolute atomic E-state index is 12.1. The summed E-state index contributed by atoms with van der Waals surface area (Å²) in [6.07, 6.45) is 1.11. The van der Waals surface area contributed by atoms with Crippen LogP contribution < -0.4 is 15.4 Å².